The minimum atomic E-state index is -0.500. The van der Waals surface area contributed by atoms with Crippen molar-refractivity contribution in [3.8, 4) is 11.8 Å². The number of carbonyl (C=O) groups excluding carboxylic acids is 1. The summed E-state index contributed by atoms with van der Waals surface area (Å²) < 4.78 is 6.28. The fraction of sp³-hybridized carbons (Fsp3) is 0.0769. The molecule has 0 amide bonds. The molecule has 5 nitrogen and oxygen atoms in total. The number of nitriles is 1. The molecule has 0 fully saturated rings. The summed E-state index contributed by atoms with van der Waals surface area (Å²) in [4.78, 5) is 11.5. The Hall–Kier alpha value is -2.74. The average molecular weight is 241 g/mol. The third-order valence-corrected chi connectivity index (χ3v) is 2.61. The number of anilines is 1. The van der Waals surface area contributed by atoms with Gasteiger partial charge in [0.15, 0.2) is 0 Å². The number of hydrogen-bond donors (Lipinski definition) is 1. The molecule has 2 aromatic rings. The summed E-state index contributed by atoms with van der Waals surface area (Å²) in [6.45, 7) is 0. The van der Waals surface area contributed by atoms with Gasteiger partial charge in [0.1, 0.15) is 11.8 Å². The molecule has 0 unspecified atom stereocenters. The number of carbonyl (C=O) groups is 1. The Labute approximate surface area is 104 Å². The van der Waals surface area contributed by atoms with Crippen LogP contribution in [0.1, 0.15) is 16.1 Å². The van der Waals surface area contributed by atoms with Crippen LogP contribution in [0.5, 0.6) is 0 Å². The number of benzene rings is 1. The number of para-hydroxylation sites is 1. The molecule has 18 heavy (non-hydrogen) atoms. The zero-order valence-electron chi connectivity index (χ0n) is 9.75. The highest BCUT2D eigenvalue weighted by Gasteiger charge is 2.14. The van der Waals surface area contributed by atoms with E-state index in [1.165, 1.54) is 7.11 Å². The molecule has 0 atom stereocenters. The zero-order chi connectivity index (χ0) is 13.1. The topological polar surface area (TPSA) is 81.0 Å². The molecule has 1 aromatic carbocycles. The van der Waals surface area contributed by atoms with Gasteiger partial charge < -0.3 is 15.0 Å². The van der Waals surface area contributed by atoms with E-state index in [0.717, 1.165) is 0 Å². The monoisotopic (exact) mass is 241 g/mol. The number of rotatable bonds is 2. The van der Waals surface area contributed by atoms with E-state index in [1.54, 1.807) is 41.1 Å². The highest BCUT2D eigenvalue weighted by atomic mass is 16.5. The zero-order valence-corrected chi connectivity index (χ0v) is 9.75. The maximum Gasteiger partial charge on any atom is 0.340 e. The van der Waals surface area contributed by atoms with Gasteiger partial charge in [0.05, 0.1) is 24.0 Å². The number of nitrogen functional groups attached to an aromatic ring is 1. The Morgan fingerprint density at radius 3 is 2.83 bits per heavy atom. The van der Waals surface area contributed by atoms with Gasteiger partial charge in [0.25, 0.3) is 0 Å². The molecule has 0 radical (unpaired) electrons. The molecular formula is C13H11N3O2. The summed E-state index contributed by atoms with van der Waals surface area (Å²) in [6.07, 6.45) is 1.71. The van der Waals surface area contributed by atoms with Crippen LogP contribution < -0.4 is 5.73 Å². The largest absolute Gasteiger partial charge is 0.465 e. The van der Waals surface area contributed by atoms with Crippen LogP contribution in [0.25, 0.3) is 5.69 Å². The Balaban J connectivity index is 2.60. The van der Waals surface area contributed by atoms with Crippen molar-refractivity contribution < 1.29 is 9.53 Å². The Kier molecular flexibility index (Phi) is 3.02. The first-order chi connectivity index (χ1) is 8.69. The summed E-state index contributed by atoms with van der Waals surface area (Å²) in [5.41, 5.74) is 7.55. The van der Waals surface area contributed by atoms with Gasteiger partial charge in [-0.15, -0.1) is 0 Å². The molecule has 0 aliphatic heterocycles. The van der Waals surface area contributed by atoms with Crippen molar-refractivity contribution in [1.29, 1.82) is 5.26 Å². The van der Waals surface area contributed by atoms with Crippen molar-refractivity contribution in [1.82, 2.24) is 4.57 Å². The smallest absolute Gasteiger partial charge is 0.340 e. The number of hydrogen-bond acceptors (Lipinski definition) is 4. The van der Waals surface area contributed by atoms with E-state index in [2.05, 4.69) is 10.8 Å². The molecule has 0 saturated carbocycles. The van der Waals surface area contributed by atoms with Crippen LogP contribution in [-0.4, -0.2) is 17.6 Å². The molecule has 2 N–H and O–H groups in total. The third-order valence-electron chi connectivity index (χ3n) is 2.61. The van der Waals surface area contributed by atoms with E-state index in [4.69, 9.17) is 11.0 Å². The van der Waals surface area contributed by atoms with Crippen molar-refractivity contribution in [3.05, 3.63) is 47.8 Å². The average Bonchev–Trinajstić information content (AvgIpc) is 2.86. The summed E-state index contributed by atoms with van der Waals surface area (Å²) in [5, 5.41) is 8.98. The molecule has 1 aromatic heterocycles. The lowest BCUT2D eigenvalue weighted by Gasteiger charge is -2.11. The van der Waals surface area contributed by atoms with Crippen molar-refractivity contribution in [2.24, 2.45) is 0 Å². The van der Waals surface area contributed by atoms with Gasteiger partial charge in [0.2, 0.25) is 0 Å². The number of methoxy groups -OCH3 is 1. The molecule has 2 rings (SSSR count). The Bertz CT molecular complexity index is 638. The molecular weight excluding hydrogens is 230 g/mol. The fourth-order valence-corrected chi connectivity index (χ4v) is 1.73. The number of nitrogens with zero attached hydrogens (tertiary/aromatic N) is 2. The maximum absolute atomic E-state index is 11.5. The van der Waals surface area contributed by atoms with E-state index in [9.17, 15) is 4.79 Å². The number of nitrogens with two attached hydrogens (primary N) is 1. The second kappa shape index (κ2) is 4.63. The van der Waals surface area contributed by atoms with Crippen LogP contribution in [0.3, 0.4) is 0 Å². The minimum Gasteiger partial charge on any atom is -0.465 e. The standard InChI is InChI=1S/C13H11N3O2/c1-18-13(17)10-5-2-6-11(12(10)15)16-7-3-4-9(16)8-14/h2-7H,15H2,1H3. The lowest BCUT2D eigenvalue weighted by Crippen LogP contribution is -2.09. The van der Waals surface area contributed by atoms with Gasteiger partial charge in [-0.25, -0.2) is 4.79 Å². The van der Waals surface area contributed by atoms with E-state index < -0.39 is 5.97 Å². The van der Waals surface area contributed by atoms with E-state index in [-0.39, 0.29) is 11.3 Å². The molecule has 90 valence electrons. The Morgan fingerprint density at radius 1 is 1.39 bits per heavy atom. The highest BCUT2D eigenvalue weighted by Crippen LogP contribution is 2.23. The van der Waals surface area contributed by atoms with Crippen LogP contribution in [0.15, 0.2) is 36.5 Å². The van der Waals surface area contributed by atoms with Crippen LogP contribution in [0, 0.1) is 11.3 Å². The van der Waals surface area contributed by atoms with Crippen LogP contribution >= 0.6 is 0 Å². The first-order valence-corrected chi connectivity index (χ1v) is 5.23. The van der Waals surface area contributed by atoms with Gasteiger partial charge in [-0.05, 0) is 24.3 Å². The molecule has 0 aliphatic rings. The minimum absolute atomic E-state index is 0.285. The molecule has 0 bridgehead atoms. The predicted molar refractivity (Wildman–Crippen MR) is 66.2 cm³/mol. The molecule has 1 heterocycles. The number of ether oxygens (including phenoxy) is 1. The molecule has 0 aliphatic carbocycles. The summed E-state index contributed by atoms with van der Waals surface area (Å²) in [7, 11) is 1.30. The SMILES string of the molecule is COC(=O)c1cccc(-n2cccc2C#N)c1N. The van der Waals surface area contributed by atoms with Gasteiger partial charge in [-0.1, -0.05) is 6.07 Å². The van der Waals surface area contributed by atoms with Gasteiger partial charge in [0, 0.05) is 6.20 Å². The molecule has 5 heteroatoms. The first kappa shape index (κ1) is 11.7. The number of aromatic nitrogens is 1. The second-order valence-electron chi connectivity index (χ2n) is 3.61. The highest BCUT2D eigenvalue weighted by molar-refractivity contribution is 5.97. The second-order valence-corrected chi connectivity index (χ2v) is 3.61. The molecule has 0 saturated heterocycles. The predicted octanol–water partition coefficient (Wildman–Crippen LogP) is 1.72. The summed E-state index contributed by atoms with van der Waals surface area (Å²) >= 11 is 0. The van der Waals surface area contributed by atoms with Crippen LogP contribution in [-0.2, 0) is 4.74 Å². The van der Waals surface area contributed by atoms with Gasteiger partial charge >= 0.3 is 5.97 Å². The van der Waals surface area contributed by atoms with Crippen molar-refractivity contribution >= 4 is 11.7 Å². The van der Waals surface area contributed by atoms with Crippen molar-refractivity contribution in [2.75, 3.05) is 12.8 Å². The summed E-state index contributed by atoms with van der Waals surface area (Å²) in [5.74, 6) is -0.500. The lowest BCUT2D eigenvalue weighted by atomic mass is 10.1. The van der Waals surface area contributed by atoms with Crippen LogP contribution in [0.2, 0.25) is 0 Å². The van der Waals surface area contributed by atoms with Crippen LogP contribution in [0.4, 0.5) is 5.69 Å². The van der Waals surface area contributed by atoms with Crippen molar-refractivity contribution in [3.63, 3.8) is 0 Å². The van der Waals surface area contributed by atoms with Crippen molar-refractivity contribution in [2.45, 2.75) is 0 Å². The first-order valence-electron chi connectivity index (χ1n) is 5.23. The quantitative estimate of drug-likeness (QED) is 0.641. The fourth-order valence-electron chi connectivity index (χ4n) is 1.73. The normalized spacial score (nSPS) is 9.78. The van der Waals surface area contributed by atoms with E-state index >= 15 is 0 Å². The maximum atomic E-state index is 11.5. The number of esters is 1. The molecule has 0 spiro atoms. The van der Waals surface area contributed by atoms with Gasteiger partial charge in [-0.2, -0.15) is 5.26 Å². The van der Waals surface area contributed by atoms with E-state index in [0.29, 0.717) is 11.4 Å². The third kappa shape index (κ3) is 1.80. The van der Waals surface area contributed by atoms with Gasteiger partial charge in [-0.3, -0.25) is 0 Å². The lowest BCUT2D eigenvalue weighted by molar-refractivity contribution is 0.0602. The Morgan fingerprint density at radius 2 is 2.17 bits per heavy atom. The van der Waals surface area contributed by atoms with E-state index in [1.807, 2.05) is 0 Å². The summed E-state index contributed by atoms with van der Waals surface area (Å²) in [6, 6.07) is 10.5.